The topological polar surface area (TPSA) is 66.5 Å². The molecule has 1 aromatic rings. The molecule has 23 heavy (non-hydrogen) atoms. The molecule has 2 aliphatic rings. The van der Waals surface area contributed by atoms with Gasteiger partial charge in [0.2, 0.25) is 17.7 Å². The molecule has 1 saturated carbocycles. The normalized spacial score (nSPS) is 23.8. The summed E-state index contributed by atoms with van der Waals surface area (Å²) in [6.07, 6.45) is 3.51. The molecule has 1 N–H and O–H groups in total. The zero-order chi connectivity index (χ0) is 16.6. The second-order valence-electron chi connectivity index (χ2n) is 6.68. The number of amides is 3. The monoisotopic (exact) mass is 314 g/mol. The van der Waals surface area contributed by atoms with Gasteiger partial charge < -0.3 is 5.32 Å². The first-order valence-electron chi connectivity index (χ1n) is 8.19. The fourth-order valence-corrected chi connectivity index (χ4v) is 3.78. The van der Waals surface area contributed by atoms with E-state index in [1.807, 2.05) is 32.0 Å². The Bertz CT molecular complexity index is 624. The van der Waals surface area contributed by atoms with Crippen LogP contribution in [0.5, 0.6) is 0 Å². The summed E-state index contributed by atoms with van der Waals surface area (Å²) in [5, 5.41) is 2.79. The molecule has 3 rings (SSSR count). The van der Waals surface area contributed by atoms with Gasteiger partial charge in [-0.25, -0.2) is 0 Å². The Balaban J connectivity index is 1.67. The number of carbonyl (C=O) groups excluding carboxylic acids is 3. The molecule has 2 atom stereocenters. The zero-order valence-corrected chi connectivity index (χ0v) is 13.6. The van der Waals surface area contributed by atoms with E-state index in [9.17, 15) is 14.4 Å². The Morgan fingerprint density at radius 2 is 1.57 bits per heavy atom. The van der Waals surface area contributed by atoms with Crippen LogP contribution in [0.25, 0.3) is 0 Å². The predicted molar refractivity (Wildman–Crippen MR) is 86.7 cm³/mol. The van der Waals surface area contributed by atoms with Crippen molar-refractivity contribution < 1.29 is 14.4 Å². The van der Waals surface area contributed by atoms with E-state index in [1.165, 1.54) is 0 Å². The second-order valence-corrected chi connectivity index (χ2v) is 6.68. The van der Waals surface area contributed by atoms with Crippen LogP contribution in [0.2, 0.25) is 0 Å². The van der Waals surface area contributed by atoms with E-state index < -0.39 is 0 Å². The van der Waals surface area contributed by atoms with Crippen LogP contribution in [0.1, 0.15) is 36.8 Å². The number of hydrogen-bond acceptors (Lipinski definition) is 3. The van der Waals surface area contributed by atoms with Crippen LogP contribution < -0.4 is 5.32 Å². The molecule has 0 bridgehead atoms. The summed E-state index contributed by atoms with van der Waals surface area (Å²) >= 11 is 0. The minimum absolute atomic E-state index is 0.171. The van der Waals surface area contributed by atoms with Crippen molar-refractivity contribution in [2.45, 2.75) is 39.5 Å². The lowest BCUT2D eigenvalue weighted by atomic mass is 9.81. The van der Waals surface area contributed by atoms with Crippen molar-refractivity contribution in [3.63, 3.8) is 0 Å². The lowest BCUT2D eigenvalue weighted by Gasteiger charge is -2.19. The Kier molecular flexibility index (Phi) is 4.20. The molecule has 0 aromatic heterocycles. The standard InChI is InChI=1S/C18H22N2O3/c1-11-7-12(2)9-13(8-11)19-16(21)10-20-17(22)14-5-3-4-6-15(14)18(20)23/h7-9,14-15H,3-6,10H2,1-2H3,(H,19,21)/t14-,15-/m0/s1. The van der Waals surface area contributed by atoms with E-state index >= 15 is 0 Å². The van der Waals surface area contributed by atoms with Gasteiger partial charge in [-0.2, -0.15) is 0 Å². The number of hydrogen-bond donors (Lipinski definition) is 1. The number of fused-ring (bicyclic) bond motifs is 1. The number of carbonyl (C=O) groups is 3. The van der Waals surface area contributed by atoms with Gasteiger partial charge in [0.15, 0.2) is 0 Å². The Labute approximate surface area is 136 Å². The molecule has 5 heteroatoms. The third kappa shape index (κ3) is 3.14. The summed E-state index contributed by atoms with van der Waals surface area (Å²) in [7, 11) is 0. The minimum atomic E-state index is -0.324. The van der Waals surface area contributed by atoms with Gasteiger partial charge in [0.1, 0.15) is 6.54 Å². The van der Waals surface area contributed by atoms with Gasteiger partial charge in [-0.1, -0.05) is 18.9 Å². The average Bonchev–Trinajstić information content (AvgIpc) is 2.72. The largest absolute Gasteiger partial charge is 0.325 e. The maximum absolute atomic E-state index is 12.4. The number of likely N-dealkylation sites (tertiary alicyclic amines) is 1. The fourth-order valence-electron chi connectivity index (χ4n) is 3.78. The second kappa shape index (κ2) is 6.14. The van der Waals surface area contributed by atoms with Gasteiger partial charge in [-0.3, -0.25) is 19.3 Å². The van der Waals surface area contributed by atoms with Crippen molar-refractivity contribution in [1.82, 2.24) is 4.90 Å². The highest BCUT2D eigenvalue weighted by atomic mass is 16.2. The molecule has 5 nitrogen and oxygen atoms in total. The number of aryl methyl sites for hydroxylation is 2. The Morgan fingerprint density at radius 3 is 2.09 bits per heavy atom. The molecule has 1 saturated heterocycles. The van der Waals surface area contributed by atoms with Crippen LogP contribution in [-0.4, -0.2) is 29.2 Å². The highest BCUT2D eigenvalue weighted by Gasteiger charge is 2.48. The summed E-state index contributed by atoms with van der Waals surface area (Å²) in [4.78, 5) is 38.1. The minimum Gasteiger partial charge on any atom is -0.325 e. The van der Waals surface area contributed by atoms with Crippen LogP contribution in [-0.2, 0) is 14.4 Å². The maximum atomic E-state index is 12.4. The molecule has 1 heterocycles. The number of anilines is 1. The molecule has 0 radical (unpaired) electrons. The van der Waals surface area contributed by atoms with Crippen molar-refractivity contribution in [3.05, 3.63) is 29.3 Å². The van der Waals surface area contributed by atoms with Crippen molar-refractivity contribution in [2.24, 2.45) is 11.8 Å². The molecular formula is C18H22N2O3. The van der Waals surface area contributed by atoms with Crippen molar-refractivity contribution in [2.75, 3.05) is 11.9 Å². The van der Waals surface area contributed by atoms with Gasteiger partial charge in [0.05, 0.1) is 11.8 Å². The number of nitrogens with one attached hydrogen (secondary N) is 1. The number of nitrogens with zero attached hydrogens (tertiary/aromatic N) is 1. The van der Waals surface area contributed by atoms with E-state index in [4.69, 9.17) is 0 Å². The molecule has 1 aromatic carbocycles. The number of benzene rings is 1. The molecule has 2 fully saturated rings. The maximum Gasteiger partial charge on any atom is 0.244 e. The average molecular weight is 314 g/mol. The van der Waals surface area contributed by atoms with E-state index in [0.29, 0.717) is 5.69 Å². The molecule has 0 spiro atoms. The number of imide groups is 1. The van der Waals surface area contributed by atoms with Crippen LogP contribution in [0.3, 0.4) is 0 Å². The lowest BCUT2D eigenvalue weighted by molar-refractivity contribution is -0.142. The SMILES string of the molecule is Cc1cc(C)cc(NC(=O)CN2C(=O)[C@H]3CCCC[C@@H]3C2=O)c1. The van der Waals surface area contributed by atoms with Crippen LogP contribution in [0, 0.1) is 25.7 Å². The van der Waals surface area contributed by atoms with Crippen LogP contribution >= 0.6 is 0 Å². The summed E-state index contributed by atoms with van der Waals surface area (Å²) in [6.45, 7) is 3.74. The Hall–Kier alpha value is -2.17. The highest BCUT2D eigenvalue weighted by Crippen LogP contribution is 2.37. The zero-order valence-electron chi connectivity index (χ0n) is 13.6. The van der Waals surface area contributed by atoms with Gasteiger partial charge in [-0.15, -0.1) is 0 Å². The van der Waals surface area contributed by atoms with Gasteiger partial charge in [0, 0.05) is 5.69 Å². The number of rotatable bonds is 3. The van der Waals surface area contributed by atoms with E-state index in [2.05, 4.69) is 5.32 Å². The van der Waals surface area contributed by atoms with Crippen molar-refractivity contribution in [1.29, 1.82) is 0 Å². The van der Waals surface area contributed by atoms with E-state index in [1.54, 1.807) is 0 Å². The molecular weight excluding hydrogens is 292 g/mol. The molecule has 3 amide bonds. The Morgan fingerprint density at radius 1 is 1.04 bits per heavy atom. The third-order valence-corrected chi connectivity index (χ3v) is 4.74. The quantitative estimate of drug-likeness (QED) is 0.871. The smallest absolute Gasteiger partial charge is 0.244 e. The van der Waals surface area contributed by atoms with E-state index in [-0.39, 0.29) is 36.1 Å². The first-order valence-corrected chi connectivity index (χ1v) is 8.19. The molecule has 0 unspecified atom stereocenters. The molecule has 1 aliphatic heterocycles. The van der Waals surface area contributed by atoms with Gasteiger partial charge in [-0.05, 0) is 49.9 Å². The van der Waals surface area contributed by atoms with Crippen molar-refractivity contribution in [3.8, 4) is 0 Å². The van der Waals surface area contributed by atoms with Crippen molar-refractivity contribution >= 4 is 23.4 Å². The first kappa shape index (κ1) is 15.7. The summed E-state index contributed by atoms with van der Waals surface area (Å²) in [5.74, 6) is -1.07. The van der Waals surface area contributed by atoms with Gasteiger partial charge >= 0.3 is 0 Å². The first-order chi connectivity index (χ1) is 11.0. The lowest BCUT2D eigenvalue weighted by Crippen LogP contribution is -2.38. The summed E-state index contributed by atoms with van der Waals surface area (Å²) in [6, 6.07) is 5.77. The van der Waals surface area contributed by atoms with Crippen LogP contribution in [0.4, 0.5) is 5.69 Å². The molecule has 1 aliphatic carbocycles. The predicted octanol–water partition coefficient (Wildman–Crippen LogP) is 2.42. The van der Waals surface area contributed by atoms with Crippen LogP contribution in [0.15, 0.2) is 18.2 Å². The van der Waals surface area contributed by atoms with E-state index in [0.717, 1.165) is 41.7 Å². The molecule has 122 valence electrons. The highest BCUT2D eigenvalue weighted by molar-refractivity contribution is 6.08. The van der Waals surface area contributed by atoms with Gasteiger partial charge in [0.25, 0.3) is 0 Å². The summed E-state index contributed by atoms with van der Waals surface area (Å²) in [5.41, 5.74) is 2.81. The fraction of sp³-hybridized carbons (Fsp3) is 0.500. The third-order valence-electron chi connectivity index (χ3n) is 4.74. The summed E-state index contributed by atoms with van der Waals surface area (Å²) < 4.78 is 0.